The van der Waals surface area contributed by atoms with Crippen molar-refractivity contribution in [2.45, 2.75) is 51.4 Å². The molecule has 234 valence electrons. The molecular formula is C32H35FN8O4. The van der Waals surface area contributed by atoms with Crippen LogP contribution in [-0.4, -0.2) is 82.6 Å². The number of aromatic nitrogens is 6. The molecule has 1 saturated carbocycles. The number of carbonyl (C=O) groups excluding carboxylic acids is 1. The molecular weight excluding hydrogens is 579 g/mol. The zero-order chi connectivity index (χ0) is 31.2. The van der Waals surface area contributed by atoms with E-state index in [0.717, 1.165) is 34.7 Å². The Labute approximate surface area is 258 Å². The van der Waals surface area contributed by atoms with Gasteiger partial charge in [0, 0.05) is 50.9 Å². The Kier molecular flexibility index (Phi) is 7.38. The number of nitrogens with one attached hydrogen (secondary N) is 1. The van der Waals surface area contributed by atoms with Gasteiger partial charge in [-0.2, -0.15) is 0 Å². The van der Waals surface area contributed by atoms with Crippen molar-refractivity contribution in [1.29, 1.82) is 0 Å². The Morgan fingerprint density at radius 1 is 1.22 bits per heavy atom. The zero-order valence-corrected chi connectivity index (χ0v) is 25.2. The summed E-state index contributed by atoms with van der Waals surface area (Å²) in [5.41, 5.74) is 4.30. The van der Waals surface area contributed by atoms with E-state index < -0.39 is 18.8 Å². The van der Waals surface area contributed by atoms with E-state index in [1.54, 1.807) is 18.6 Å². The highest BCUT2D eigenvalue weighted by Crippen LogP contribution is 2.39. The first-order valence-electron chi connectivity index (χ1n) is 15.2. The maximum absolute atomic E-state index is 13.5. The summed E-state index contributed by atoms with van der Waals surface area (Å²) in [7, 11) is 1.94. The summed E-state index contributed by atoms with van der Waals surface area (Å²) in [5, 5.41) is 12.2. The summed E-state index contributed by atoms with van der Waals surface area (Å²) < 4.78 is 26.3. The van der Waals surface area contributed by atoms with Crippen molar-refractivity contribution in [3.05, 3.63) is 60.3 Å². The Morgan fingerprint density at radius 3 is 2.80 bits per heavy atom. The number of alkyl halides is 1. The molecule has 0 radical (unpaired) electrons. The molecule has 1 aliphatic heterocycles. The number of carboxylic acid groups (broad SMARTS) is 1. The molecule has 7 rings (SSSR count). The average molecular weight is 615 g/mol. The van der Waals surface area contributed by atoms with Gasteiger partial charge in [-0.05, 0) is 43.9 Å². The number of carbonyl (C=O) groups is 2. The van der Waals surface area contributed by atoms with Crippen LogP contribution in [-0.2, 0) is 26.6 Å². The second kappa shape index (κ2) is 11.5. The lowest BCUT2D eigenvalue weighted by molar-refractivity contribution is 0.0712. The topological polar surface area (TPSA) is 132 Å². The summed E-state index contributed by atoms with van der Waals surface area (Å²) in [6, 6.07) is 9.01. The molecule has 45 heavy (non-hydrogen) atoms. The molecule has 4 aromatic heterocycles. The minimum Gasteiger partial charge on any atom is -0.487 e. The number of amides is 2. The van der Waals surface area contributed by atoms with Gasteiger partial charge in [0.2, 0.25) is 0 Å². The van der Waals surface area contributed by atoms with Crippen LogP contribution < -0.4 is 10.1 Å². The van der Waals surface area contributed by atoms with Crippen LogP contribution >= 0.6 is 0 Å². The third-order valence-electron chi connectivity index (χ3n) is 8.62. The van der Waals surface area contributed by atoms with Gasteiger partial charge in [0.25, 0.3) is 5.91 Å². The number of hydrogen-bond donors (Lipinski definition) is 2. The predicted molar refractivity (Wildman–Crippen MR) is 165 cm³/mol. The molecule has 1 aromatic carbocycles. The fourth-order valence-corrected chi connectivity index (χ4v) is 6.28. The van der Waals surface area contributed by atoms with E-state index in [1.165, 1.54) is 17.7 Å². The molecule has 0 spiro atoms. The fraction of sp³-hybridized carbons (Fsp3) is 0.406. The van der Waals surface area contributed by atoms with Crippen LogP contribution in [0.2, 0.25) is 0 Å². The van der Waals surface area contributed by atoms with Gasteiger partial charge in [-0.1, -0.05) is 12.1 Å². The van der Waals surface area contributed by atoms with Crippen molar-refractivity contribution in [3.8, 4) is 17.3 Å². The van der Waals surface area contributed by atoms with E-state index >= 15 is 0 Å². The highest BCUT2D eigenvalue weighted by atomic mass is 19.1. The van der Waals surface area contributed by atoms with Crippen LogP contribution in [0.5, 0.6) is 5.75 Å². The first kappa shape index (κ1) is 28.8. The monoisotopic (exact) mass is 614 g/mol. The average Bonchev–Trinajstić information content (AvgIpc) is 3.39. The number of ether oxygens (including phenoxy) is 1. The van der Waals surface area contributed by atoms with E-state index in [4.69, 9.17) is 19.8 Å². The van der Waals surface area contributed by atoms with E-state index in [-0.39, 0.29) is 18.6 Å². The van der Waals surface area contributed by atoms with E-state index in [9.17, 15) is 14.0 Å². The normalized spacial score (nSPS) is 16.2. The lowest BCUT2D eigenvalue weighted by Crippen LogP contribution is -2.48. The predicted octanol–water partition coefficient (Wildman–Crippen LogP) is 4.27. The number of nitrogens with zero attached hydrogens (tertiary/aromatic N) is 7. The Balaban J connectivity index is 1.25. The van der Waals surface area contributed by atoms with Gasteiger partial charge in [-0.15, -0.1) is 0 Å². The molecule has 12 nitrogen and oxygen atoms in total. The number of hydrogen-bond acceptors (Lipinski definition) is 6. The molecule has 2 atom stereocenters. The quantitative estimate of drug-likeness (QED) is 0.227. The van der Waals surface area contributed by atoms with Crippen molar-refractivity contribution >= 4 is 34.1 Å². The smallest absolute Gasteiger partial charge is 0.405 e. The molecule has 2 aliphatic rings. The van der Waals surface area contributed by atoms with E-state index in [0.29, 0.717) is 47.8 Å². The van der Waals surface area contributed by atoms with Crippen LogP contribution in [0.1, 0.15) is 35.8 Å². The number of rotatable bonds is 11. The summed E-state index contributed by atoms with van der Waals surface area (Å²) in [6.07, 6.45) is 6.90. The molecule has 2 amide bonds. The summed E-state index contributed by atoms with van der Waals surface area (Å²) in [5.74, 6) is 1.83. The third kappa shape index (κ3) is 5.58. The molecule has 2 N–H and O–H groups in total. The number of halogens is 1. The van der Waals surface area contributed by atoms with Gasteiger partial charge >= 0.3 is 6.09 Å². The molecule has 1 aliphatic carbocycles. The number of benzene rings is 1. The lowest BCUT2D eigenvalue weighted by atomic mass is 10.0. The number of fused-ring (bicyclic) bond motifs is 3. The molecule has 0 unspecified atom stereocenters. The van der Waals surface area contributed by atoms with E-state index in [2.05, 4.69) is 33.9 Å². The highest BCUT2D eigenvalue weighted by molar-refractivity contribution is 5.99. The van der Waals surface area contributed by atoms with Gasteiger partial charge in [0.05, 0.1) is 41.4 Å². The van der Waals surface area contributed by atoms with Crippen LogP contribution in [0, 0.1) is 5.92 Å². The van der Waals surface area contributed by atoms with Crippen LogP contribution in [0.4, 0.5) is 9.18 Å². The summed E-state index contributed by atoms with van der Waals surface area (Å²) >= 11 is 0. The van der Waals surface area contributed by atoms with Crippen molar-refractivity contribution < 1.29 is 23.8 Å². The van der Waals surface area contributed by atoms with E-state index in [1.807, 2.05) is 34.5 Å². The van der Waals surface area contributed by atoms with Gasteiger partial charge in [-0.25, -0.2) is 24.1 Å². The maximum Gasteiger partial charge on any atom is 0.405 e. The zero-order valence-electron chi connectivity index (χ0n) is 25.2. The standard InChI is InChI=1S/C32H35FN8O4/c1-19(15-39-11-9-34-18-39)45-27-5-3-4-21-12-26(41(28(21)27)16-20-6-7-20)30-37-25-13-23-24(36-29(25)38(30)2)8-10-40(31(23)42)17-22(14-33)35-32(43)44/h3-5,9,11-13,18-20,22,35H,6-8,10,14-17H2,1-2H3,(H,43,44)/t19-,22-/m1/s1. The van der Waals surface area contributed by atoms with Crippen LogP contribution in [0.15, 0.2) is 49.1 Å². The van der Waals surface area contributed by atoms with Crippen LogP contribution in [0.25, 0.3) is 33.6 Å². The summed E-state index contributed by atoms with van der Waals surface area (Å²) in [6.45, 7) is 2.93. The van der Waals surface area contributed by atoms with Gasteiger partial charge in [0.15, 0.2) is 11.5 Å². The summed E-state index contributed by atoms with van der Waals surface area (Å²) in [4.78, 5) is 39.9. The van der Waals surface area contributed by atoms with Crippen molar-refractivity contribution in [2.75, 3.05) is 19.8 Å². The second-order valence-electron chi connectivity index (χ2n) is 12.1. The molecule has 5 heterocycles. The number of aryl methyl sites for hydroxylation is 1. The second-order valence-corrected chi connectivity index (χ2v) is 12.1. The Morgan fingerprint density at radius 2 is 2.07 bits per heavy atom. The first-order valence-corrected chi connectivity index (χ1v) is 15.2. The lowest BCUT2D eigenvalue weighted by Gasteiger charge is -2.30. The molecule has 1 fully saturated rings. The van der Waals surface area contributed by atoms with Gasteiger partial charge < -0.3 is 33.8 Å². The minimum atomic E-state index is -1.33. The first-order chi connectivity index (χ1) is 21.8. The van der Waals surface area contributed by atoms with Crippen molar-refractivity contribution in [3.63, 3.8) is 0 Å². The van der Waals surface area contributed by atoms with Gasteiger partial charge in [-0.3, -0.25) is 4.79 Å². The molecule has 13 heteroatoms. The third-order valence-corrected chi connectivity index (χ3v) is 8.62. The van der Waals surface area contributed by atoms with Crippen molar-refractivity contribution in [1.82, 2.24) is 38.9 Å². The fourth-order valence-electron chi connectivity index (χ4n) is 6.28. The van der Waals surface area contributed by atoms with Gasteiger partial charge in [0.1, 0.15) is 24.0 Å². The minimum absolute atomic E-state index is 0.0564. The molecule has 5 aromatic rings. The number of para-hydroxylation sites is 1. The Bertz CT molecular complexity index is 1890. The molecule has 0 saturated heterocycles. The largest absolute Gasteiger partial charge is 0.487 e. The SMILES string of the molecule is C[C@H](Cn1ccnc1)Oc1cccc2cc(-c3nc4cc5c(nc4n3C)CCN(C[C@@H](CF)NC(=O)O)C5=O)n(CC3CC3)c12. The molecule has 0 bridgehead atoms. The van der Waals surface area contributed by atoms with Crippen molar-refractivity contribution in [2.24, 2.45) is 13.0 Å². The maximum atomic E-state index is 13.5. The van der Waals surface area contributed by atoms with Crippen LogP contribution in [0.3, 0.4) is 0 Å². The highest BCUT2D eigenvalue weighted by Gasteiger charge is 2.31. The number of imidazole rings is 2. The number of pyridine rings is 1. The Hall–Kier alpha value is -4.94.